The zero-order valence-electron chi connectivity index (χ0n) is 14.1. The topological polar surface area (TPSA) is 64.1 Å². The summed E-state index contributed by atoms with van der Waals surface area (Å²) in [7, 11) is 0. The Kier molecular flexibility index (Phi) is 4.52. The number of anilines is 3. The summed E-state index contributed by atoms with van der Waals surface area (Å²) in [4.78, 5) is 4.37. The quantitative estimate of drug-likeness (QED) is 0.448. The number of nitrogens with two attached hydrogens (primary N) is 1. The van der Waals surface area contributed by atoms with Crippen molar-refractivity contribution in [1.82, 2.24) is 4.98 Å². The molecule has 27 heavy (non-hydrogen) atoms. The minimum Gasteiger partial charge on any atom is -0.436 e. The van der Waals surface area contributed by atoms with Gasteiger partial charge in [0.1, 0.15) is 17.2 Å². The first-order valence-electron chi connectivity index (χ1n) is 8.24. The number of nitrogen functional groups attached to an aromatic ring is 1. The van der Waals surface area contributed by atoms with Gasteiger partial charge in [-0.3, -0.25) is 4.98 Å². The van der Waals surface area contributed by atoms with Gasteiger partial charge in [-0.25, -0.2) is 4.39 Å². The molecule has 2 aromatic heterocycles. The third-order valence-electron chi connectivity index (χ3n) is 4.08. The Morgan fingerprint density at radius 3 is 2.67 bits per heavy atom. The molecule has 134 valence electrons. The minimum absolute atomic E-state index is 0.0273. The molecule has 0 bridgehead atoms. The first-order valence-corrected chi connectivity index (χ1v) is 8.62. The van der Waals surface area contributed by atoms with Crippen molar-refractivity contribution >= 4 is 52.0 Å². The molecule has 4 aromatic rings. The maximum absolute atomic E-state index is 13.4. The van der Waals surface area contributed by atoms with Crippen molar-refractivity contribution in [2.75, 3.05) is 11.1 Å². The van der Waals surface area contributed by atoms with Gasteiger partial charge in [0.2, 0.25) is 5.88 Å². The van der Waals surface area contributed by atoms with E-state index in [9.17, 15) is 4.39 Å². The molecule has 2 aromatic carbocycles. The molecule has 0 saturated heterocycles. The van der Waals surface area contributed by atoms with Crippen LogP contribution in [0.1, 0.15) is 11.3 Å². The summed E-state index contributed by atoms with van der Waals surface area (Å²) in [5, 5.41) is 3.94. The molecule has 0 atom stereocenters. The van der Waals surface area contributed by atoms with Crippen LogP contribution in [0.3, 0.4) is 0 Å². The fourth-order valence-electron chi connectivity index (χ4n) is 2.77. The van der Waals surface area contributed by atoms with Gasteiger partial charge in [-0.2, -0.15) is 0 Å². The number of halogens is 2. The van der Waals surface area contributed by atoms with Crippen molar-refractivity contribution in [2.45, 2.75) is 0 Å². The van der Waals surface area contributed by atoms with Crippen molar-refractivity contribution in [1.29, 1.82) is 0 Å². The van der Waals surface area contributed by atoms with E-state index >= 15 is 0 Å². The Morgan fingerprint density at radius 1 is 1.07 bits per heavy atom. The minimum atomic E-state index is -0.482. The lowest BCUT2D eigenvalue weighted by Gasteiger charge is -2.06. The van der Waals surface area contributed by atoms with Crippen LogP contribution in [-0.2, 0) is 0 Å². The second kappa shape index (κ2) is 7.13. The van der Waals surface area contributed by atoms with Crippen LogP contribution in [-0.4, -0.2) is 4.98 Å². The number of rotatable bonds is 4. The first kappa shape index (κ1) is 17.1. The van der Waals surface area contributed by atoms with Crippen molar-refractivity contribution in [3.05, 3.63) is 82.9 Å². The van der Waals surface area contributed by atoms with Gasteiger partial charge >= 0.3 is 0 Å². The van der Waals surface area contributed by atoms with Crippen LogP contribution in [0.15, 0.2) is 65.2 Å². The average Bonchev–Trinajstić information content (AvgIpc) is 3.00. The summed E-state index contributed by atoms with van der Waals surface area (Å²) in [6.45, 7) is 0. The molecule has 0 aliphatic heterocycles. The Labute approximate surface area is 160 Å². The summed E-state index contributed by atoms with van der Waals surface area (Å²) < 4.78 is 19.1. The molecule has 4 rings (SSSR count). The lowest BCUT2D eigenvalue weighted by Crippen LogP contribution is -1.94. The smallest absolute Gasteiger partial charge is 0.215 e. The number of nitrogens with zero attached hydrogens (tertiary/aromatic N) is 1. The molecule has 0 aliphatic carbocycles. The van der Waals surface area contributed by atoms with Crippen molar-refractivity contribution in [2.24, 2.45) is 0 Å². The number of benzene rings is 2. The van der Waals surface area contributed by atoms with E-state index in [1.54, 1.807) is 12.3 Å². The van der Waals surface area contributed by atoms with E-state index in [-0.39, 0.29) is 10.9 Å². The lowest BCUT2D eigenvalue weighted by atomic mass is 10.1. The van der Waals surface area contributed by atoms with E-state index in [4.69, 9.17) is 21.8 Å². The van der Waals surface area contributed by atoms with Crippen molar-refractivity contribution < 1.29 is 8.81 Å². The molecule has 6 heteroatoms. The van der Waals surface area contributed by atoms with Gasteiger partial charge in [0.25, 0.3) is 0 Å². The Bertz CT molecular complexity index is 1140. The summed E-state index contributed by atoms with van der Waals surface area (Å²) >= 11 is 5.85. The van der Waals surface area contributed by atoms with Gasteiger partial charge in [-0.05, 0) is 35.9 Å². The van der Waals surface area contributed by atoms with Gasteiger partial charge in [0.15, 0.2) is 5.58 Å². The number of hydrogen-bond acceptors (Lipinski definition) is 4. The predicted octanol–water partition coefficient (Wildman–Crippen LogP) is 6.12. The lowest BCUT2D eigenvalue weighted by molar-refractivity contribution is 0.628. The molecule has 0 fully saturated rings. The van der Waals surface area contributed by atoms with E-state index in [1.165, 1.54) is 12.1 Å². The Balaban J connectivity index is 1.72. The van der Waals surface area contributed by atoms with Crippen molar-refractivity contribution in [3.63, 3.8) is 0 Å². The number of fused-ring (bicyclic) bond motifs is 1. The fraction of sp³-hybridized carbons (Fsp3) is 0. The van der Waals surface area contributed by atoms with Gasteiger partial charge < -0.3 is 15.5 Å². The van der Waals surface area contributed by atoms with Crippen LogP contribution < -0.4 is 11.1 Å². The summed E-state index contributed by atoms with van der Waals surface area (Å²) in [6, 6.07) is 16.1. The molecule has 4 nitrogen and oxygen atoms in total. The highest BCUT2D eigenvalue weighted by molar-refractivity contribution is 6.31. The zero-order valence-corrected chi connectivity index (χ0v) is 14.9. The second-order valence-electron chi connectivity index (χ2n) is 5.91. The second-order valence-corrected chi connectivity index (χ2v) is 6.32. The summed E-state index contributed by atoms with van der Waals surface area (Å²) in [5.74, 6) is -0.266. The zero-order chi connectivity index (χ0) is 18.8. The highest BCUT2D eigenvalue weighted by atomic mass is 35.5. The van der Waals surface area contributed by atoms with Gasteiger partial charge in [0, 0.05) is 11.9 Å². The molecular formula is C21H15ClFN3O. The standard InChI is InChI=1S/C21H15ClFN3O/c22-16-12-14(7-8-17(16)23)26-19-15-10-11-25-18(20(15)27-21(19)24)9-6-13-4-2-1-3-5-13/h1-12,26H,24H2. The molecular weight excluding hydrogens is 365 g/mol. The van der Waals surface area contributed by atoms with Crippen molar-refractivity contribution in [3.8, 4) is 0 Å². The number of hydrogen-bond donors (Lipinski definition) is 2. The molecule has 0 radical (unpaired) electrons. The van der Waals surface area contributed by atoms with Gasteiger partial charge in [-0.1, -0.05) is 48.0 Å². The Hall–Kier alpha value is -3.31. The van der Waals surface area contributed by atoms with Crippen LogP contribution in [0.2, 0.25) is 5.02 Å². The normalized spacial score (nSPS) is 11.3. The SMILES string of the molecule is Nc1oc2c(C=Cc3ccccc3)nccc2c1Nc1ccc(F)c(Cl)c1. The largest absolute Gasteiger partial charge is 0.436 e. The number of furan rings is 1. The average molecular weight is 380 g/mol. The van der Waals surface area contributed by atoms with Crippen LogP contribution in [0.5, 0.6) is 0 Å². The third-order valence-corrected chi connectivity index (χ3v) is 4.37. The molecule has 3 N–H and O–H groups in total. The molecule has 0 unspecified atom stereocenters. The summed E-state index contributed by atoms with van der Waals surface area (Å²) in [5.41, 5.74) is 9.53. The van der Waals surface area contributed by atoms with Crippen LogP contribution in [0.25, 0.3) is 23.1 Å². The molecule has 2 heterocycles. The van der Waals surface area contributed by atoms with E-state index in [1.807, 2.05) is 48.6 Å². The highest BCUT2D eigenvalue weighted by Gasteiger charge is 2.15. The van der Waals surface area contributed by atoms with E-state index in [2.05, 4.69) is 10.3 Å². The first-order chi connectivity index (χ1) is 13.1. The maximum atomic E-state index is 13.4. The van der Waals surface area contributed by atoms with E-state index in [0.29, 0.717) is 22.7 Å². The summed E-state index contributed by atoms with van der Waals surface area (Å²) in [6.07, 6.45) is 5.51. The monoisotopic (exact) mass is 379 g/mol. The van der Waals surface area contributed by atoms with Gasteiger partial charge in [-0.15, -0.1) is 0 Å². The molecule has 0 aliphatic rings. The highest BCUT2D eigenvalue weighted by Crippen LogP contribution is 2.37. The molecule has 0 spiro atoms. The third kappa shape index (κ3) is 3.50. The van der Waals surface area contributed by atoms with Gasteiger partial charge in [0.05, 0.1) is 10.4 Å². The molecule has 0 saturated carbocycles. The van der Waals surface area contributed by atoms with Crippen LogP contribution >= 0.6 is 11.6 Å². The number of nitrogens with one attached hydrogen (secondary N) is 1. The predicted molar refractivity (Wildman–Crippen MR) is 108 cm³/mol. The van der Waals surface area contributed by atoms with E-state index < -0.39 is 5.82 Å². The number of aromatic nitrogens is 1. The van der Waals surface area contributed by atoms with Crippen LogP contribution in [0, 0.1) is 5.82 Å². The van der Waals surface area contributed by atoms with E-state index in [0.717, 1.165) is 10.9 Å². The fourth-order valence-corrected chi connectivity index (χ4v) is 2.95. The maximum Gasteiger partial charge on any atom is 0.215 e. The number of pyridine rings is 1. The Morgan fingerprint density at radius 2 is 1.89 bits per heavy atom. The molecule has 0 amide bonds. The van der Waals surface area contributed by atoms with Crippen LogP contribution in [0.4, 0.5) is 21.6 Å².